The molecule has 0 spiro atoms. The summed E-state index contributed by atoms with van der Waals surface area (Å²) in [6.07, 6.45) is 4.14. The first-order valence-corrected chi connectivity index (χ1v) is 5.59. The smallest absolute Gasteiger partial charge is 0.130 e. The number of hydrogen-bond acceptors (Lipinski definition) is 2. The lowest BCUT2D eigenvalue weighted by molar-refractivity contribution is -0.118. The van der Waals surface area contributed by atoms with Gasteiger partial charge >= 0.3 is 0 Å². The molecule has 0 rings (SSSR count). The minimum absolute atomic E-state index is 0.148. The molecule has 0 saturated heterocycles. The van der Waals surface area contributed by atoms with Gasteiger partial charge in [0.05, 0.1) is 0 Å². The van der Waals surface area contributed by atoms with Crippen LogP contribution in [-0.2, 0) is 4.79 Å². The monoisotopic (exact) mass is 199 g/mol. The normalized spacial score (nSPS) is 14.1. The fourth-order valence-electron chi connectivity index (χ4n) is 1.91. The van der Waals surface area contributed by atoms with Crippen molar-refractivity contribution in [3.8, 4) is 0 Å². The topological polar surface area (TPSA) is 29.1 Å². The molecule has 0 amide bonds. The molecule has 1 atom stereocenters. The van der Waals surface area contributed by atoms with Crippen molar-refractivity contribution in [3.63, 3.8) is 0 Å². The lowest BCUT2D eigenvalue weighted by atomic mass is 9.85. The predicted molar refractivity (Wildman–Crippen MR) is 61.5 cm³/mol. The first kappa shape index (κ1) is 13.6. The van der Waals surface area contributed by atoms with Crippen LogP contribution in [0, 0.1) is 5.92 Å². The molecule has 1 unspecified atom stereocenters. The maximum absolute atomic E-state index is 11.1. The molecule has 14 heavy (non-hydrogen) atoms. The van der Waals surface area contributed by atoms with E-state index < -0.39 is 0 Å². The van der Waals surface area contributed by atoms with Gasteiger partial charge in [0.15, 0.2) is 0 Å². The van der Waals surface area contributed by atoms with Gasteiger partial charge in [0.2, 0.25) is 0 Å². The van der Waals surface area contributed by atoms with E-state index in [1.807, 2.05) is 7.05 Å². The van der Waals surface area contributed by atoms with Gasteiger partial charge in [-0.25, -0.2) is 0 Å². The Labute approximate surface area is 88.5 Å². The molecule has 84 valence electrons. The van der Waals surface area contributed by atoms with Crippen molar-refractivity contribution in [1.82, 2.24) is 5.32 Å². The maximum Gasteiger partial charge on any atom is 0.130 e. The van der Waals surface area contributed by atoms with Crippen molar-refractivity contribution >= 4 is 5.78 Å². The number of hydrogen-bond donors (Lipinski definition) is 1. The van der Waals surface area contributed by atoms with Crippen LogP contribution in [0.1, 0.15) is 53.4 Å². The van der Waals surface area contributed by atoms with Crippen molar-refractivity contribution in [1.29, 1.82) is 0 Å². The van der Waals surface area contributed by atoms with E-state index in [0.29, 0.717) is 11.7 Å². The van der Waals surface area contributed by atoms with Crippen LogP contribution in [-0.4, -0.2) is 18.4 Å². The first-order valence-electron chi connectivity index (χ1n) is 5.59. The molecule has 0 saturated carbocycles. The van der Waals surface area contributed by atoms with Gasteiger partial charge in [0.1, 0.15) is 5.78 Å². The Morgan fingerprint density at radius 2 is 2.00 bits per heavy atom. The Hall–Kier alpha value is -0.370. The molecule has 2 heteroatoms. The highest BCUT2D eigenvalue weighted by Gasteiger charge is 2.21. The standard InChI is InChI=1S/C12H25NO/c1-6-7-11(8-10(2)14)9-12(3,4)13-5/h11,13H,6-9H2,1-5H3. The van der Waals surface area contributed by atoms with E-state index in [1.165, 1.54) is 0 Å². The van der Waals surface area contributed by atoms with Crippen LogP contribution in [0.2, 0.25) is 0 Å². The van der Waals surface area contributed by atoms with E-state index in [1.54, 1.807) is 6.92 Å². The average Bonchev–Trinajstić information content (AvgIpc) is 2.03. The van der Waals surface area contributed by atoms with E-state index in [0.717, 1.165) is 25.7 Å². The molecule has 0 aliphatic heterocycles. The minimum atomic E-state index is 0.148. The van der Waals surface area contributed by atoms with Crippen molar-refractivity contribution in [3.05, 3.63) is 0 Å². The third-order valence-corrected chi connectivity index (χ3v) is 2.75. The summed E-state index contributed by atoms with van der Waals surface area (Å²) >= 11 is 0. The largest absolute Gasteiger partial charge is 0.315 e. The zero-order chi connectivity index (χ0) is 11.2. The lowest BCUT2D eigenvalue weighted by Gasteiger charge is -2.29. The minimum Gasteiger partial charge on any atom is -0.315 e. The second-order valence-electron chi connectivity index (χ2n) is 4.90. The Morgan fingerprint density at radius 1 is 1.43 bits per heavy atom. The number of nitrogens with one attached hydrogen (secondary N) is 1. The second-order valence-corrected chi connectivity index (χ2v) is 4.90. The van der Waals surface area contributed by atoms with Crippen LogP contribution in [0.3, 0.4) is 0 Å². The average molecular weight is 199 g/mol. The van der Waals surface area contributed by atoms with Gasteiger partial charge in [-0.3, -0.25) is 0 Å². The summed E-state index contributed by atoms with van der Waals surface area (Å²) in [6, 6.07) is 0. The predicted octanol–water partition coefficient (Wildman–Crippen LogP) is 2.77. The number of ketones is 1. The Kier molecular flexibility index (Phi) is 6.01. The van der Waals surface area contributed by atoms with Gasteiger partial charge in [-0.05, 0) is 40.2 Å². The van der Waals surface area contributed by atoms with Gasteiger partial charge in [-0.15, -0.1) is 0 Å². The van der Waals surface area contributed by atoms with E-state index >= 15 is 0 Å². The molecule has 0 heterocycles. The summed E-state index contributed by atoms with van der Waals surface area (Å²) in [7, 11) is 1.98. The van der Waals surface area contributed by atoms with Crippen LogP contribution in [0.4, 0.5) is 0 Å². The highest BCUT2D eigenvalue weighted by Crippen LogP contribution is 2.23. The lowest BCUT2D eigenvalue weighted by Crippen LogP contribution is -2.38. The molecule has 0 aromatic heterocycles. The SMILES string of the molecule is CCCC(CC(C)=O)CC(C)(C)NC. The Bertz CT molecular complexity index is 175. The summed E-state index contributed by atoms with van der Waals surface area (Å²) < 4.78 is 0. The van der Waals surface area contributed by atoms with Crippen molar-refractivity contribution in [2.75, 3.05) is 7.05 Å². The Balaban J connectivity index is 4.14. The van der Waals surface area contributed by atoms with Gasteiger partial charge in [0, 0.05) is 12.0 Å². The van der Waals surface area contributed by atoms with Crippen molar-refractivity contribution in [2.45, 2.75) is 58.9 Å². The van der Waals surface area contributed by atoms with Crippen molar-refractivity contribution in [2.24, 2.45) is 5.92 Å². The maximum atomic E-state index is 11.1. The molecular weight excluding hydrogens is 174 g/mol. The highest BCUT2D eigenvalue weighted by atomic mass is 16.1. The molecule has 0 aromatic carbocycles. The quantitative estimate of drug-likeness (QED) is 0.683. The molecular formula is C12H25NO. The first-order chi connectivity index (χ1) is 6.41. The Morgan fingerprint density at radius 3 is 2.36 bits per heavy atom. The van der Waals surface area contributed by atoms with Crippen LogP contribution < -0.4 is 5.32 Å². The van der Waals surface area contributed by atoms with Crippen LogP contribution in [0.5, 0.6) is 0 Å². The molecule has 0 aliphatic rings. The molecule has 0 bridgehead atoms. The molecule has 2 nitrogen and oxygen atoms in total. The number of carbonyl (C=O) groups excluding carboxylic acids is 1. The highest BCUT2D eigenvalue weighted by molar-refractivity contribution is 5.75. The molecule has 0 radical (unpaired) electrons. The number of Topliss-reactive ketones (excluding diaryl/α,β-unsaturated/α-hetero) is 1. The van der Waals surface area contributed by atoms with Crippen LogP contribution in [0.15, 0.2) is 0 Å². The third-order valence-electron chi connectivity index (χ3n) is 2.75. The third kappa shape index (κ3) is 6.14. The molecule has 0 fully saturated rings. The summed E-state index contributed by atoms with van der Waals surface area (Å²) in [5.74, 6) is 0.857. The zero-order valence-electron chi connectivity index (χ0n) is 10.3. The van der Waals surface area contributed by atoms with Gasteiger partial charge < -0.3 is 10.1 Å². The summed E-state index contributed by atoms with van der Waals surface area (Å²) in [5, 5.41) is 3.29. The molecule has 0 aromatic rings. The van der Waals surface area contributed by atoms with Gasteiger partial charge in [-0.1, -0.05) is 19.8 Å². The summed E-state index contributed by atoms with van der Waals surface area (Å²) in [6.45, 7) is 8.25. The summed E-state index contributed by atoms with van der Waals surface area (Å²) in [4.78, 5) is 11.1. The van der Waals surface area contributed by atoms with E-state index in [9.17, 15) is 4.79 Å². The van der Waals surface area contributed by atoms with E-state index in [4.69, 9.17) is 0 Å². The van der Waals surface area contributed by atoms with Crippen LogP contribution in [0.25, 0.3) is 0 Å². The van der Waals surface area contributed by atoms with Crippen molar-refractivity contribution < 1.29 is 4.79 Å². The summed E-state index contributed by atoms with van der Waals surface area (Å²) in [5.41, 5.74) is 0.148. The van der Waals surface area contributed by atoms with E-state index in [2.05, 4.69) is 26.1 Å². The van der Waals surface area contributed by atoms with Crippen LogP contribution >= 0.6 is 0 Å². The molecule has 0 aliphatic carbocycles. The number of rotatable bonds is 7. The fourth-order valence-corrected chi connectivity index (χ4v) is 1.91. The van der Waals surface area contributed by atoms with Gasteiger partial charge in [0.25, 0.3) is 0 Å². The fraction of sp³-hybridized carbons (Fsp3) is 0.917. The van der Waals surface area contributed by atoms with Gasteiger partial charge in [-0.2, -0.15) is 0 Å². The zero-order valence-corrected chi connectivity index (χ0v) is 10.3. The van der Waals surface area contributed by atoms with E-state index in [-0.39, 0.29) is 5.54 Å². The number of carbonyl (C=O) groups is 1. The molecule has 1 N–H and O–H groups in total. The second kappa shape index (κ2) is 6.18.